The van der Waals surface area contributed by atoms with E-state index in [2.05, 4.69) is 5.16 Å². The summed E-state index contributed by atoms with van der Waals surface area (Å²) in [6.45, 7) is 5.72. The van der Waals surface area contributed by atoms with Crippen LogP contribution in [0.25, 0.3) is 0 Å². The van der Waals surface area contributed by atoms with Gasteiger partial charge in [-0.05, 0) is 40.0 Å². The predicted molar refractivity (Wildman–Crippen MR) is 61.2 cm³/mol. The first-order valence-electron chi connectivity index (χ1n) is 5.56. The van der Waals surface area contributed by atoms with Gasteiger partial charge in [-0.15, -0.1) is 0 Å². The molecule has 0 aliphatic heterocycles. The molecule has 0 bridgehead atoms. The van der Waals surface area contributed by atoms with E-state index in [4.69, 9.17) is 5.21 Å². The second kappa shape index (κ2) is 4.79. The first-order valence-corrected chi connectivity index (χ1v) is 5.56. The molecule has 3 heteroatoms. The lowest BCUT2D eigenvalue weighted by molar-refractivity contribution is 0.0642. The van der Waals surface area contributed by atoms with Crippen LogP contribution in [0.3, 0.4) is 0 Å². The van der Waals surface area contributed by atoms with E-state index in [1.165, 1.54) is 0 Å². The molecule has 0 aromatic rings. The highest BCUT2D eigenvalue weighted by Crippen LogP contribution is 2.32. The molecule has 0 saturated heterocycles. The lowest BCUT2D eigenvalue weighted by Crippen LogP contribution is -2.40. The van der Waals surface area contributed by atoms with Crippen molar-refractivity contribution in [1.29, 1.82) is 0 Å². The summed E-state index contributed by atoms with van der Waals surface area (Å²) in [6.07, 6.45) is 5.70. The lowest BCUT2D eigenvalue weighted by atomic mass is 9.76. The molecule has 3 nitrogen and oxygen atoms in total. The highest BCUT2D eigenvalue weighted by atomic mass is 16.4. The highest BCUT2D eigenvalue weighted by Gasteiger charge is 2.35. The maximum Gasteiger partial charge on any atom is 0.0883 e. The van der Waals surface area contributed by atoms with Crippen molar-refractivity contribution in [2.24, 2.45) is 11.1 Å². The van der Waals surface area contributed by atoms with Crippen LogP contribution in [0.15, 0.2) is 16.8 Å². The highest BCUT2D eigenvalue weighted by molar-refractivity contribution is 5.88. The van der Waals surface area contributed by atoms with Crippen molar-refractivity contribution in [2.75, 3.05) is 0 Å². The Morgan fingerprint density at radius 1 is 1.47 bits per heavy atom. The summed E-state index contributed by atoms with van der Waals surface area (Å²) in [6, 6.07) is 0. The average molecular weight is 211 g/mol. The van der Waals surface area contributed by atoms with Crippen LogP contribution in [-0.2, 0) is 0 Å². The summed E-state index contributed by atoms with van der Waals surface area (Å²) in [5.41, 5.74) is 0.937. The second-order valence-corrected chi connectivity index (χ2v) is 4.84. The third-order valence-electron chi connectivity index (χ3n) is 2.99. The number of hydrogen-bond acceptors (Lipinski definition) is 3. The first kappa shape index (κ1) is 12.2. The number of rotatable bonds is 2. The molecule has 2 N–H and O–H groups in total. The fourth-order valence-corrected chi connectivity index (χ4v) is 2.43. The molecule has 0 spiro atoms. The summed E-state index contributed by atoms with van der Waals surface area (Å²) in [7, 11) is 0. The number of aliphatic hydroxyl groups is 1. The van der Waals surface area contributed by atoms with Gasteiger partial charge >= 0.3 is 0 Å². The Morgan fingerprint density at radius 3 is 2.67 bits per heavy atom. The second-order valence-electron chi connectivity index (χ2n) is 4.84. The van der Waals surface area contributed by atoms with E-state index in [1.807, 2.05) is 19.9 Å². The Morgan fingerprint density at radius 2 is 2.13 bits per heavy atom. The van der Waals surface area contributed by atoms with Crippen LogP contribution in [0.1, 0.15) is 46.5 Å². The first-order chi connectivity index (χ1) is 6.97. The summed E-state index contributed by atoms with van der Waals surface area (Å²) in [4.78, 5) is 0. The Balaban J connectivity index is 2.88. The molecular weight excluding hydrogens is 190 g/mol. The molecule has 1 rings (SSSR count). The van der Waals surface area contributed by atoms with Gasteiger partial charge < -0.3 is 10.3 Å². The van der Waals surface area contributed by atoms with Gasteiger partial charge in [0, 0.05) is 5.92 Å². The lowest BCUT2D eigenvalue weighted by Gasteiger charge is -2.34. The Labute approximate surface area is 91.5 Å². The minimum atomic E-state index is -0.888. The van der Waals surface area contributed by atoms with Crippen molar-refractivity contribution < 1.29 is 10.3 Å². The molecule has 0 aromatic heterocycles. The van der Waals surface area contributed by atoms with E-state index < -0.39 is 5.60 Å². The summed E-state index contributed by atoms with van der Waals surface area (Å²) in [5, 5.41) is 22.6. The van der Waals surface area contributed by atoms with E-state index in [0.29, 0.717) is 0 Å². The molecule has 0 heterocycles. The van der Waals surface area contributed by atoms with E-state index in [0.717, 1.165) is 37.0 Å². The van der Waals surface area contributed by atoms with Gasteiger partial charge in [0.25, 0.3) is 0 Å². The zero-order chi connectivity index (χ0) is 11.5. The fraction of sp³-hybridized carbons (Fsp3) is 0.750. The smallest absolute Gasteiger partial charge is 0.0883 e. The summed E-state index contributed by atoms with van der Waals surface area (Å²) >= 11 is 0. The minimum Gasteiger partial charge on any atom is -0.411 e. The van der Waals surface area contributed by atoms with Crippen molar-refractivity contribution in [3.63, 3.8) is 0 Å². The fourth-order valence-electron chi connectivity index (χ4n) is 2.43. The number of nitrogens with zero attached hydrogens (tertiary/aromatic N) is 1. The normalized spacial score (nSPS) is 28.5. The third kappa shape index (κ3) is 3.06. The van der Waals surface area contributed by atoms with Gasteiger partial charge in [-0.1, -0.05) is 23.2 Å². The monoisotopic (exact) mass is 211 g/mol. The summed E-state index contributed by atoms with van der Waals surface area (Å²) in [5.74, 6) is -0.0360. The van der Waals surface area contributed by atoms with Crippen LogP contribution in [0.4, 0.5) is 0 Å². The molecule has 0 aromatic carbocycles. The van der Waals surface area contributed by atoms with E-state index in [9.17, 15) is 5.11 Å². The largest absolute Gasteiger partial charge is 0.411 e. The van der Waals surface area contributed by atoms with Gasteiger partial charge in [0.2, 0.25) is 0 Å². The number of hydrogen-bond donors (Lipinski definition) is 2. The molecule has 2 unspecified atom stereocenters. The Bertz CT molecular complexity index is 275. The van der Waals surface area contributed by atoms with Crippen molar-refractivity contribution in [2.45, 2.75) is 52.1 Å². The summed E-state index contributed by atoms with van der Waals surface area (Å²) < 4.78 is 0. The zero-order valence-electron chi connectivity index (χ0n) is 9.82. The maximum absolute atomic E-state index is 10.3. The van der Waals surface area contributed by atoms with Crippen LogP contribution in [-0.4, -0.2) is 21.6 Å². The molecule has 2 atom stereocenters. The maximum atomic E-state index is 10.3. The SMILES string of the molecule is CC(C)=CC(C)(O)C1CCCC/C1=N/O. The minimum absolute atomic E-state index is 0.0360. The molecule has 0 amide bonds. The van der Waals surface area contributed by atoms with Crippen LogP contribution in [0, 0.1) is 5.92 Å². The zero-order valence-corrected chi connectivity index (χ0v) is 9.82. The van der Waals surface area contributed by atoms with Crippen LogP contribution < -0.4 is 0 Å². The van der Waals surface area contributed by atoms with Gasteiger partial charge in [-0.3, -0.25) is 0 Å². The molecule has 1 aliphatic rings. The van der Waals surface area contributed by atoms with Crippen molar-refractivity contribution in [3.05, 3.63) is 11.6 Å². The predicted octanol–water partition coefficient (Wildman–Crippen LogP) is 2.72. The number of allylic oxidation sites excluding steroid dienone is 1. The topological polar surface area (TPSA) is 52.8 Å². The molecule has 1 saturated carbocycles. The van der Waals surface area contributed by atoms with Crippen LogP contribution in [0.2, 0.25) is 0 Å². The number of oxime groups is 1. The van der Waals surface area contributed by atoms with Gasteiger partial charge in [-0.25, -0.2) is 0 Å². The van der Waals surface area contributed by atoms with Crippen molar-refractivity contribution in [3.8, 4) is 0 Å². The standard InChI is InChI=1S/C12H21NO2/c1-9(2)8-12(3,14)10-6-4-5-7-11(10)13-15/h8,10,14-15H,4-7H2,1-3H3/b13-11-. The average Bonchev–Trinajstić information content (AvgIpc) is 2.16. The van der Waals surface area contributed by atoms with E-state index in [1.54, 1.807) is 6.92 Å². The molecule has 15 heavy (non-hydrogen) atoms. The van der Waals surface area contributed by atoms with Gasteiger partial charge in [0.05, 0.1) is 11.3 Å². The Hall–Kier alpha value is -0.830. The molecule has 0 radical (unpaired) electrons. The molecular formula is C12H21NO2. The quantitative estimate of drug-likeness (QED) is 0.419. The Kier molecular flexibility index (Phi) is 3.91. The molecule has 1 aliphatic carbocycles. The van der Waals surface area contributed by atoms with Gasteiger partial charge in [0.1, 0.15) is 0 Å². The van der Waals surface area contributed by atoms with E-state index >= 15 is 0 Å². The van der Waals surface area contributed by atoms with Crippen LogP contribution >= 0.6 is 0 Å². The third-order valence-corrected chi connectivity index (χ3v) is 2.99. The van der Waals surface area contributed by atoms with Crippen molar-refractivity contribution in [1.82, 2.24) is 0 Å². The van der Waals surface area contributed by atoms with Gasteiger partial charge in [-0.2, -0.15) is 0 Å². The molecule has 1 fully saturated rings. The van der Waals surface area contributed by atoms with Gasteiger partial charge in [0.15, 0.2) is 0 Å². The van der Waals surface area contributed by atoms with Crippen LogP contribution in [0.5, 0.6) is 0 Å². The van der Waals surface area contributed by atoms with E-state index in [-0.39, 0.29) is 5.92 Å². The molecule has 86 valence electrons. The van der Waals surface area contributed by atoms with Crippen molar-refractivity contribution >= 4 is 5.71 Å².